The first kappa shape index (κ1) is 13.7. The summed E-state index contributed by atoms with van der Waals surface area (Å²) in [4.78, 5) is 26.5. The van der Waals surface area contributed by atoms with Crippen LogP contribution in [0.2, 0.25) is 0 Å². The van der Waals surface area contributed by atoms with Crippen LogP contribution in [0.15, 0.2) is 42.7 Å². The number of pyridine rings is 1. The van der Waals surface area contributed by atoms with E-state index in [0.717, 1.165) is 0 Å². The van der Waals surface area contributed by atoms with Crippen LogP contribution in [0.25, 0.3) is 11.1 Å². The quantitative estimate of drug-likeness (QED) is 0.485. The van der Waals surface area contributed by atoms with E-state index >= 15 is 0 Å². The number of carbonyl (C=O) groups is 1. The zero-order valence-corrected chi connectivity index (χ0v) is 10.8. The van der Waals surface area contributed by atoms with Gasteiger partial charge in [-0.3, -0.25) is 15.1 Å². The van der Waals surface area contributed by atoms with Gasteiger partial charge in [-0.25, -0.2) is 4.79 Å². The smallest absolute Gasteiger partial charge is 0.345 e. The summed E-state index contributed by atoms with van der Waals surface area (Å²) in [6.07, 6.45) is 3.09. The van der Waals surface area contributed by atoms with E-state index in [-0.39, 0.29) is 17.9 Å². The van der Waals surface area contributed by atoms with Crippen LogP contribution in [-0.2, 0) is 4.74 Å². The van der Waals surface area contributed by atoms with E-state index < -0.39 is 10.9 Å². The third-order valence-corrected chi connectivity index (χ3v) is 2.69. The van der Waals surface area contributed by atoms with Gasteiger partial charge >= 0.3 is 5.97 Å². The topological polar surface area (TPSA) is 82.3 Å². The molecule has 6 nitrogen and oxygen atoms in total. The molecule has 0 aliphatic carbocycles. The molecule has 1 heterocycles. The average Bonchev–Trinajstić information content (AvgIpc) is 2.47. The highest BCUT2D eigenvalue weighted by Gasteiger charge is 2.25. The molecule has 2 aromatic rings. The van der Waals surface area contributed by atoms with Crippen molar-refractivity contribution in [1.29, 1.82) is 0 Å². The van der Waals surface area contributed by atoms with Crippen molar-refractivity contribution in [2.75, 3.05) is 6.61 Å². The summed E-state index contributed by atoms with van der Waals surface area (Å²) >= 11 is 0. The molecule has 20 heavy (non-hydrogen) atoms. The van der Waals surface area contributed by atoms with Crippen molar-refractivity contribution in [3.05, 3.63) is 58.4 Å². The minimum absolute atomic E-state index is 0.0572. The number of nitro groups is 1. The predicted octanol–water partition coefficient (Wildman–Crippen LogP) is 2.83. The van der Waals surface area contributed by atoms with Gasteiger partial charge in [-0.15, -0.1) is 0 Å². The Kier molecular flexibility index (Phi) is 4.05. The molecule has 2 rings (SSSR count). The molecule has 0 bridgehead atoms. The summed E-state index contributed by atoms with van der Waals surface area (Å²) in [6.45, 7) is 1.81. The van der Waals surface area contributed by atoms with Crippen molar-refractivity contribution in [2.24, 2.45) is 0 Å². The molecular formula is C14H12N2O4. The monoisotopic (exact) mass is 272 g/mol. The van der Waals surface area contributed by atoms with Crippen molar-refractivity contribution in [3.8, 4) is 11.1 Å². The van der Waals surface area contributed by atoms with Gasteiger partial charge in [0.15, 0.2) is 0 Å². The van der Waals surface area contributed by atoms with Crippen LogP contribution in [0.5, 0.6) is 0 Å². The van der Waals surface area contributed by atoms with E-state index in [2.05, 4.69) is 4.98 Å². The molecule has 0 aliphatic heterocycles. The largest absolute Gasteiger partial charge is 0.462 e. The lowest BCUT2D eigenvalue weighted by atomic mass is 10.0. The number of ether oxygens (including phenoxy) is 1. The van der Waals surface area contributed by atoms with Crippen molar-refractivity contribution in [1.82, 2.24) is 4.98 Å². The summed E-state index contributed by atoms with van der Waals surface area (Å²) < 4.78 is 4.85. The minimum Gasteiger partial charge on any atom is -0.462 e. The van der Waals surface area contributed by atoms with Gasteiger partial charge in [-0.1, -0.05) is 12.1 Å². The van der Waals surface area contributed by atoms with Crippen LogP contribution in [0, 0.1) is 10.1 Å². The van der Waals surface area contributed by atoms with Gasteiger partial charge in [0.05, 0.1) is 17.1 Å². The molecule has 0 spiro atoms. The molecule has 102 valence electrons. The number of carbonyl (C=O) groups excluding carboxylic acids is 1. The molecule has 0 N–H and O–H groups in total. The zero-order chi connectivity index (χ0) is 14.5. The molecule has 0 atom stereocenters. The molecule has 6 heteroatoms. The molecule has 0 saturated heterocycles. The van der Waals surface area contributed by atoms with Gasteiger partial charge in [0, 0.05) is 18.0 Å². The standard InChI is InChI=1S/C14H12N2O4/c1-2-20-14(17)12-7-3-6-11(13(12)16(18)19)10-5-4-8-15-9-10/h3-9H,2H2,1H3. The molecule has 0 fully saturated rings. The number of benzene rings is 1. The number of para-hydroxylation sites is 1. The molecule has 0 amide bonds. The number of esters is 1. The fraction of sp³-hybridized carbons (Fsp3) is 0.143. The third kappa shape index (κ3) is 2.64. The summed E-state index contributed by atoms with van der Waals surface area (Å²) in [5, 5.41) is 11.3. The molecular weight excluding hydrogens is 260 g/mol. The number of aromatic nitrogens is 1. The van der Waals surface area contributed by atoms with Crippen molar-refractivity contribution in [2.45, 2.75) is 6.92 Å². The number of hydrogen-bond acceptors (Lipinski definition) is 5. The van der Waals surface area contributed by atoms with E-state index in [9.17, 15) is 14.9 Å². The van der Waals surface area contributed by atoms with Crippen LogP contribution in [0.4, 0.5) is 5.69 Å². The fourth-order valence-electron chi connectivity index (χ4n) is 1.87. The maximum atomic E-state index is 11.8. The van der Waals surface area contributed by atoms with Crippen LogP contribution in [0.1, 0.15) is 17.3 Å². The van der Waals surface area contributed by atoms with Crippen LogP contribution >= 0.6 is 0 Å². The second kappa shape index (κ2) is 5.92. The SMILES string of the molecule is CCOC(=O)c1cccc(-c2cccnc2)c1[N+](=O)[O-]. The van der Waals surface area contributed by atoms with E-state index in [1.807, 2.05) is 0 Å². The Morgan fingerprint density at radius 2 is 2.15 bits per heavy atom. The minimum atomic E-state index is -0.704. The average molecular weight is 272 g/mol. The summed E-state index contributed by atoms with van der Waals surface area (Å²) in [5.74, 6) is -0.704. The van der Waals surface area contributed by atoms with Crippen LogP contribution in [-0.4, -0.2) is 22.5 Å². The maximum Gasteiger partial charge on any atom is 0.345 e. The Morgan fingerprint density at radius 1 is 1.35 bits per heavy atom. The van der Waals surface area contributed by atoms with E-state index in [1.54, 1.807) is 37.4 Å². The Balaban J connectivity index is 2.62. The predicted molar refractivity (Wildman–Crippen MR) is 72.3 cm³/mol. The Labute approximate surface area is 115 Å². The molecule has 1 aromatic carbocycles. The Morgan fingerprint density at radius 3 is 2.75 bits per heavy atom. The van der Waals surface area contributed by atoms with Gasteiger partial charge in [0.1, 0.15) is 5.56 Å². The summed E-state index contributed by atoms with van der Waals surface area (Å²) in [7, 11) is 0. The van der Waals surface area contributed by atoms with Gasteiger partial charge < -0.3 is 4.74 Å². The molecule has 0 aliphatic rings. The van der Waals surface area contributed by atoms with Gasteiger partial charge in [0.2, 0.25) is 0 Å². The van der Waals surface area contributed by atoms with Gasteiger partial charge in [-0.05, 0) is 25.1 Å². The molecule has 0 saturated carbocycles. The second-order valence-corrected chi connectivity index (χ2v) is 3.92. The zero-order valence-electron chi connectivity index (χ0n) is 10.8. The van der Waals surface area contributed by atoms with Crippen LogP contribution < -0.4 is 0 Å². The number of nitrogens with zero attached hydrogens (tertiary/aromatic N) is 2. The van der Waals surface area contributed by atoms with Crippen molar-refractivity contribution >= 4 is 11.7 Å². The van der Waals surface area contributed by atoms with Crippen molar-refractivity contribution < 1.29 is 14.5 Å². The van der Waals surface area contributed by atoms with Gasteiger partial charge in [0.25, 0.3) is 5.69 Å². The Hall–Kier alpha value is -2.76. The summed E-state index contributed by atoms with van der Waals surface area (Å²) in [6, 6.07) is 7.93. The lowest BCUT2D eigenvalue weighted by Gasteiger charge is -2.07. The van der Waals surface area contributed by atoms with Crippen molar-refractivity contribution in [3.63, 3.8) is 0 Å². The van der Waals surface area contributed by atoms with Gasteiger partial charge in [-0.2, -0.15) is 0 Å². The van der Waals surface area contributed by atoms with E-state index in [0.29, 0.717) is 11.1 Å². The number of nitro benzene ring substituents is 1. The lowest BCUT2D eigenvalue weighted by Crippen LogP contribution is -2.08. The van der Waals surface area contributed by atoms with Crippen LogP contribution in [0.3, 0.4) is 0 Å². The summed E-state index contributed by atoms with van der Waals surface area (Å²) in [5.41, 5.74) is 0.594. The normalized spacial score (nSPS) is 10.1. The first-order chi connectivity index (χ1) is 9.65. The molecule has 0 radical (unpaired) electrons. The number of rotatable bonds is 4. The molecule has 0 unspecified atom stereocenters. The number of hydrogen-bond donors (Lipinski definition) is 0. The lowest BCUT2D eigenvalue weighted by molar-refractivity contribution is -0.384. The first-order valence-corrected chi connectivity index (χ1v) is 6.00. The highest BCUT2D eigenvalue weighted by molar-refractivity contribution is 5.97. The molecule has 1 aromatic heterocycles. The first-order valence-electron chi connectivity index (χ1n) is 6.00. The maximum absolute atomic E-state index is 11.8. The highest BCUT2D eigenvalue weighted by Crippen LogP contribution is 2.32. The fourth-order valence-corrected chi connectivity index (χ4v) is 1.87. The second-order valence-electron chi connectivity index (χ2n) is 3.92. The van der Waals surface area contributed by atoms with E-state index in [4.69, 9.17) is 4.74 Å². The van der Waals surface area contributed by atoms with E-state index in [1.165, 1.54) is 12.3 Å². The Bertz CT molecular complexity index is 641. The third-order valence-electron chi connectivity index (χ3n) is 2.69. The highest BCUT2D eigenvalue weighted by atomic mass is 16.6.